The predicted molar refractivity (Wildman–Crippen MR) is 305 cm³/mol. The Morgan fingerprint density at radius 3 is 1.38 bits per heavy atom. The average Bonchev–Trinajstić information content (AvgIpc) is 3.95. The zero-order valence-electron chi connectivity index (χ0n) is 41.7. The van der Waals surface area contributed by atoms with Crippen molar-refractivity contribution in [2.45, 2.75) is 65.5 Å². The second kappa shape index (κ2) is 15.6. The summed E-state index contributed by atoms with van der Waals surface area (Å²) in [5, 5.41) is 12.5. The number of hydrogen-bond acceptors (Lipinski definition) is 4. The molecule has 1 aliphatic heterocycles. The van der Waals surface area contributed by atoms with Gasteiger partial charge in [-0.3, -0.25) is 0 Å². The second-order valence-corrected chi connectivity index (χ2v) is 26.5. The number of para-hydroxylation sites is 4. The van der Waals surface area contributed by atoms with E-state index in [0.717, 1.165) is 78.0 Å². The fourth-order valence-electron chi connectivity index (χ4n) is 11.5. The number of hydrogen-bond donors (Lipinski definition) is 0. The van der Waals surface area contributed by atoms with E-state index in [1.54, 1.807) is 0 Å². The Morgan fingerprint density at radius 1 is 0.366 bits per heavy atom. The summed E-state index contributed by atoms with van der Waals surface area (Å²) in [4.78, 5) is 4.80. The number of benzene rings is 10. The molecule has 0 bridgehead atoms. The van der Waals surface area contributed by atoms with Gasteiger partial charge in [-0.1, -0.05) is 170 Å². The molecule has 0 saturated heterocycles. The molecule has 3 heterocycles. The normalized spacial score (nSPS) is 13.5. The van der Waals surface area contributed by atoms with Crippen LogP contribution in [0.1, 0.15) is 52.7 Å². The molecular formula is C66H56N2O2Si. The number of anilines is 6. The van der Waals surface area contributed by atoms with E-state index in [2.05, 4.69) is 252 Å². The first-order chi connectivity index (χ1) is 34.2. The summed E-state index contributed by atoms with van der Waals surface area (Å²) in [7, 11) is -2.32. The van der Waals surface area contributed by atoms with Crippen molar-refractivity contribution in [2.75, 3.05) is 9.80 Å². The summed E-state index contributed by atoms with van der Waals surface area (Å²) in [6, 6.07) is 71.8. The van der Waals surface area contributed by atoms with Crippen molar-refractivity contribution in [3.8, 4) is 11.1 Å². The third kappa shape index (κ3) is 6.77. The molecule has 2 aromatic heterocycles. The monoisotopic (exact) mass is 936 g/mol. The van der Waals surface area contributed by atoms with Crippen LogP contribution in [0, 0.1) is 0 Å². The highest BCUT2D eigenvalue weighted by Gasteiger charge is 2.37. The molecule has 5 heteroatoms. The van der Waals surface area contributed by atoms with Crippen molar-refractivity contribution < 1.29 is 8.83 Å². The van der Waals surface area contributed by atoms with Gasteiger partial charge in [-0.2, -0.15) is 0 Å². The molecular weight excluding hydrogens is 881 g/mol. The average molecular weight is 937 g/mol. The summed E-state index contributed by atoms with van der Waals surface area (Å²) in [6.07, 6.45) is 0. The van der Waals surface area contributed by atoms with Gasteiger partial charge in [0.2, 0.25) is 0 Å². The van der Waals surface area contributed by atoms with Crippen molar-refractivity contribution in [3.05, 3.63) is 205 Å². The molecule has 4 nitrogen and oxygen atoms in total. The van der Waals surface area contributed by atoms with Crippen LogP contribution < -0.4 is 20.2 Å². The number of nitrogens with zero attached hydrogens (tertiary/aromatic N) is 2. The van der Waals surface area contributed by atoms with Crippen LogP contribution in [0.4, 0.5) is 34.1 Å². The maximum Gasteiger partial charge on any atom is 0.159 e. The lowest BCUT2D eigenvalue weighted by Crippen LogP contribution is -2.56. The molecule has 13 rings (SSSR count). The van der Waals surface area contributed by atoms with Gasteiger partial charge < -0.3 is 18.6 Å². The SMILES string of the molecule is CC(C)(C)c1ccc(N(c2ccc3c(c2)[Si](C)(C)c2cccc4c2c-3cc2ccc(N(c3ccc(C(C)(C)C)cc3)c3cccc5c3oc3ccccc35)cc24)c2cccc3c2oc2ccccc23)cc1. The van der Waals surface area contributed by atoms with Crippen LogP contribution in [0.5, 0.6) is 0 Å². The molecule has 0 N–H and O–H groups in total. The summed E-state index contributed by atoms with van der Waals surface area (Å²) in [6.45, 7) is 18.7. The summed E-state index contributed by atoms with van der Waals surface area (Å²) in [5.41, 5.74) is 15.3. The third-order valence-electron chi connectivity index (χ3n) is 15.3. The number of rotatable bonds is 6. The maximum atomic E-state index is 6.75. The van der Waals surface area contributed by atoms with E-state index in [4.69, 9.17) is 8.83 Å². The Hall–Kier alpha value is -7.86. The fraction of sp³-hybridized carbons (Fsp3) is 0.152. The van der Waals surface area contributed by atoms with E-state index in [0.29, 0.717) is 0 Å². The smallest absolute Gasteiger partial charge is 0.159 e. The molecule has 1 aliphatic rings. The molecule has 0 atom stereocenters. The first kappa shape index (κ1) is 43.2. The molecule has 0 radical (unpaired) electrons. The number of furan rings is 2. The second-order valence-electron chi connectivity index (χ2n) is 22.2. The van der Waals surface area contributed by atoms with E-state index in [9.17, 15) is 0 Å². The number of fused-ring (bicyclic) bond motifs is 10. The van der Waals surface area contributed by atoms with Crippen LogP contribution in [0.2, 0.25) is 13.1 Å². The predicted octanol–water partition coefficient (Wildman–Crippen LogP) is 18.1. The quantitative estimate of drug-likeness (QED) is 0.123. The molecule has 0 aliphatic carbocycles. The lowest BCUT2D eigenvalue weighted by atomic mass is 9.87. The Labute approximate surface area is 416 Å². The van der Waals surface area contributed by atoms with Gasteiger partial charge in [0.15, 0.2) is 11.2 Å². The summed E-state index contributed by atoms with van der Waals surface area (Å²) in [5.74, 6) is 0. The van der Waals surface area contributed by atoms with Crippen LogP contribution in [0.25, 0.3) is 76.5 Å². The largest absolute Gasteiger partial charge is 0.454 e. The van der Waals surface area contributed by atoms with E-state index in [1.807, 2.05) is 6.07 Å². The highest BCUT2D eigenvalue weighted by Crippen LogP contribution is 2.47. The third-order valence-corrected chi connectivity index (χ3v) is 18.9. The topological polar surface area (TPSA) is 32.8 Å². The van der Waals surface area contributed by atoms with Crippen molar-refractivity contribution in [2.24, 2.45) is 0 Å². The first-order valence-corrected chi connectivity index (χ1v) is 28.0. The van der Waals surface area contributed by atoms with Gasteiger partial charge in [-0.25, -0.2) is 0 Å². The highest BCUT2D eigenvalue weighted by molar-refractivity contribution is 7.03. The van der Waals surface area contributed by atoms with E-state index < -0.39 is 8.07 Å². The molecule has 10 aromatic carbocycles. The lowest BCUT2D eigenvalue weighted by Gasteiger charge is -2.36. The van der Waals surface area contributed by atoms with Gasteiger partial charge in [0.1, 0.15) is 19.2 Å². The standard InChI is InChI=1S/C66H56N2O2Si/c1-65(2,3)42-27-32-44(33-28-42)67(56-21-13-19-52-48-16-9-11-23-58(48)69-63(52)56)46-31-26-41-38-55-50-37-36-47(40-61(50)71(7,8)60-25-15-18-51(62(55)60)54(41)39-46)68(45-34-29-43(30-35-45)66(4,5)6)57-22-14-20-53-49-17-10-12-24-59(49)70-64(53)57/h9-40H,1-8H3. The van der Waals surface area contributed by atoms with Crippen molar-refractivity contribution in [3.63, 3.8) is 0 Å². The van der Waals surface area contributed by atoms with E-state index in [-0.39, 0.29) is 10.8 Å². The van der Waals surface area contributed by atoms with Gasteiger partial charge >= 0.3 is 0 Å². The molecule has 71 heavy (non-hydrogen) atoms. The zero-order chi connectivity index (χ0) is 48.6. The Balaban J connectivity index is 0.990. The van der Waals surface area contributed by atoms with Crippen molar-refractivity contribution in [1.29, 1.82) is 0 Å². The van der Waals surface area contributed by atoms with Gasteiger partial charge in [-0.15, -0.1) is 0 Å². The fourth-order valence-corrected chi connectivity index (χ4v) is 14.6. The minimum Gasteiger partial charge on any atom is -0.454 e. The molecule has 0 spiro atoms. The van der Waals surface area contributed by atoms with Crippen molar-refractivity contribution in [1.82, 2.24) is 0 Å². The van der Waals surface area contributed by atoms with Crippen LogP contribution in [-0.4, -0.2) is 8.07 Å². The molecule has 0 saturated carbocycles. The van der Waals surface area contributed by atoms with Crippen LogP contribution >= 0.6 is 0 Å². The first-order valence-electron chi connectivity index (χ1n) is 25.0. The van der Waals surface area contributed by atoms with Crippen LogP contribution in [-0.2, 0) is 10.8 Å². The van der Waals surface area contributed by atoms with Gasteiger partial charge in [0.25, 0.3) is 0 Å². The molecule has 0 unspecified atom stereocenters. The summed E-state index contributed by atoms with van der Waals surface area (Å²) >= 11 is 0. The minimum absolute atomic E-state index is 0.0313. The van der Waals surface area contributed by atoms with Gasteiger partial charge in [0.05, 0.1) is 11.4 Å². The van der Waals surface area contributed by atoms with E-state index >= 15 is 0 Å². The Bertz CT molecular complexity index is 4110. The molecule has 12 aromatic rings. The van der Waals surface area contributed by atoms with Crippen LogP contribution in [0.3, 0.4) is 0 Å². The van der Waals surface area contributed by atoms with Gasteiger partial charge in [0, 0.05) is 44.3 Å². The lowest BCUT2D eigenvalue weighted by molar-refractivity contribution is 0.590. The maximum absolute atomic E-state index is 6.75. The highest BCUT2D eigenvalue weighted by atomic mass is 28.3. The molecule has 0 fully saturated rings. The van der Waals surface area contributed by atoms with Gasteiger partial charge in [-0.05, 0) is 144 Å². The summed E-state index contributed by atoms with van der Waals surface area (Å²) < 4.78 is 13.5. The molecule has 346 valence electrons. The Kier molecular flexibility index (Phi) is 9.47. The minimum atomic E-state index is -2.32. The van der Waals surface area contributed by atoms with Crippen LogP contribution in [0.15, 0.2) is 203 Å². The Morgan fingerprint density at radius 2 is 0.831 bits per heavy atom. The van der Waals surface area contributed by atoms with E-state index in [1.165, 1.54) is 54.2 Å². The molecule has 0 amide bonds. The van der Waals surface area contributed by atoms with Crippen molar-refractivity contribution >= 4 is 118 Å². The zero-order valence-corrected chi connectivity index (χ0v) is 42.7.